The van der Waals surface area contributed by atoms with Gasteiger partial charge in [-0.05, 0) is 23.8 Å². The van der Waals surface area contributed by atoms with E-state index in [9.17, 15) is 18.8 Å². The summed E-state index contributed by atoms with van der Waals surface area (Å²) in [5, 5.41) is 15.3. The highest BCUT2D eigenvalue weighted by molar-refractivity contribution is 5.92. The first-order chi connectivity index (χ1) is 10.9. The van der Waals surface area contributed by atoms with Gasteiger partial charge in [0.2, 0.25) is 0 Å². The van der Waals surface area contributed by atoms with Crippen LogP contribution < -0.4 is 10.9 Å². The van der Waals surface area contributed by atoms with Gasteiger partial charge in [-0.2, -0.15) is 5.10 Å². The predicted octanol–water partition coefficient (Wildman–Crippen LogP) is 0.865. The normalized spacial score (nSPS) is 11.7. The molecule has 0 aliphatic rings. The number of carboxylic acids is 1. The number of rotatable bonds is 5. The standard InChI is InChI=1S/C15H14FN3O4/c1-19-13(20)7-6-11(18-19)15(23)17-12(8-14(21)22)9-2-4-10(16)5-3-9/h2-7,12H,8H2,1H3,(H,17,23)(H,21,22). The molecule has 0 saturated carbocycles. The lowest BCUT2D eigenvalue weighted by Crippen LogP contribution is -2.32. The average Bonchev–Trinajstić information content (AvgIpc) is 2.49. The number of hydrogen-bond acceptors (Lipinski definition) is 4. The Kier molecular flexibility index (Phi) is 4.85. The molecular weight excluding hydrogens is 305 g/mol. The molecule has 120 valence electrons. The minimum Gasteiger partial charge on any atom is -0.481 e. The van der Waals surface area contributed by atoms with Crippen LogP contribution in [0.2, 0.25) is 0 Å². The Morgan fingerprint density at radius 1 is 1.26 bits per heavy atom. The Balaban J connectivity index is 2.24. The van der Waals surface area contributed by atoms with Crippen LogP contribution in [0.1, 0.15) is 28.5 Å². The van der Waals surface area contributed by atoms with Crippen LogP contribution >= 0.6 is 0 Å². The van der Waals surface area contributed by atoms with Gasteiger partial charge in [0.25, 0.3) is 11.5 Å². The van der Waals surface area contributed by atoms with E-state index in [4.69, 9.17) is 5.11 Å². The molecule has 2 aromatic rings. The number of carboxylic acid groups (broad SMARTS) is 1. The Labute approximate surface area is 130 Å². The van der Waals surface area contributed by atoms with Gasteiger partial charge in [0.15, 0.2) is 0 Å². The van der Waals surface area contributed by atoms with Crippen LogP contribution in [-0.2, 0) is 11.8 Å². The molecule has 0 radical (unpaired) electrons. The molecule has 2 rings (SSSR count). The van der Waals surface area contributed by atoms with Crippen molar-refractivity contribution < 1.29 is 19.1 Å². The summed E-state index contributed by atoms with van der Waals surface area (Å²) in [5.41, 5.74) is 0.0544. The molecule has 0 aliphatic carbocycles. The summed E-state index contributed by atoms with van der Waals surface area (Å²) in [6.07, 6.45) is -0.372. The molecule has 23 heavy (non-hydrogen) atoms. The summed E-state index contributed by atoms with van der Waals surface area (Å²) < 4.78 is 14.0. The number of hydrogen-bond donors (Lipinski definition) is 2. The van der Waals surface area contributed by atoms with Crippen molar-refractivity contribution in [1.82, 2.24) is 15.1 Å². The number of halogens is 1. The number of aromatic nitrogens is 2. The van der Waals surface area contributed by atoms with Crippen molar-refractivity contribution in [3.63, 3.8) is 0 Å². The monoisotopic (exact) mass is 319 g/mol. The molecule has 8 heteroatoms. The fourth-order valence-corrected chi connectivity index (χ4v) is 1.98. The van der Waals surface area contributed by atoms with Gasteiger partial charge in [-0.1, -0.05) is 12.1 Å². The molecule has 1 unspecified atom stereocenters. The van der Waals surface area contributed by atoms with Crippen LogP contribution in [0.3, 0.4) is 0 Å². The zero-order chi connectivity index (χ0) is 17.0. The van der Waals surface area contributed by atoms with Crippen LogP contribution in [0.5, 0.6) is 0 Å². The van der Waals surface area contributed by atoms with E-state index in [-0.39, 0.29) is 17.7 Å². The lowest BCUT2D eigenvalue weighted by atomic mass is 10.0. The number of carbonyl (C=O) groups excluding carboxylic acids is 1. The highest BCUT2D eigenvalue weighted by Gasteiger charge is 2.20. The third-order valence-electron chi connectivity index (χ3n) is 3.15. The van der Waals surface area contributed by atoms with E-state index in [1.165, 1.54) is 43.4 Å². The molecule has 0 aliphatic heterocycles. The van der Waals surface area contributed by atoms with Gasteiger partial charge in [-0.25, -0.2) is 9.07 Å². The van der Waals surface area contributed by atoms with Gasteiger partial charge >= 0.3 is 5.97 Å². The van der Waals surface area contributed by atoms with Crippen molar-refractivity contribution >= 4 is 11.9 Å². The Bertz CT molecular complexity index is 786. The zero-order valence-electron chi connectivity index (χ0n) is 12.2. The first-order valence-corrected chi connectivity index (χ1v) is 6.69. The van der Waals surface area contributed by atoms with Gasteiger partial charge in [0.05, 0.1) is 12.5 Å². The van der Waals surface area contributed by atoms with Crippen molar-refractivity contribution in [2.24, 2.45) is 7.05 Å². The van der Waals surface area contributed by atoms with E-state index in [1.807, 2.05) is 0 Å². The van der Waals surface area contributed by atoms with E-state index in [0.29, 0.717) is 5.56 Å². The highest BCUT2D eigenvalue weighted by Crippen LogP contribution is 2.18. The fraction of sp³-hybridized carbons (Fsp3) is 0.200. The summed E-state index contributed by atoms with van der Waals surface area (Å²) in [4.78, 5) is 34.4. The lowest BCUT2D eigenvalue weighted by molar-refractivity contribution is -0.137. The highest BCUT2D eigenvalue weighted by atomic mass is 19.1. The van der Waals surface area contributed by atoms with Crippen LogP contribution in [0.4, 0.5) is 4.39 Å². The van der Waals surface area contributed by atoms with Crippen LogP contribution in [0.15, 0.2) is 41.2 Å². The minimum atomic E-state index is -1.12. The van der Waals surface area contributed by atoms with Gasteiger partial charge in [0, 0.05) is 13.1 Å². The van der Waals surface area contributed by atoms with Crippen LogP contribution in [-0.4, -0.2) is 26.8 Å². The molecule has 0 saturated heterocycles. The second-order valence-corrected chi connectivity index (χ2v) is 4.86. The van der Waals surface area contributed by atoms with Crippen molar-refractivity contribution in [3.05, 3.63) is 63.8 Å². The first-order valence-electron chi connectivity index (χ1n) is 6.69. The summed E-state index contributed by atoms with van der Waals surface area (Å²) in [7, 11) is 1.40. The Morgan fingerprint density at radius 3 is 2.48 bits per heavy atom. The number of carbonyl (C=O) groups is 2. The summed E-state index contributed by atoms with van der Waals surface area (Å²) in [6.45, 7) is 0. The molecule has 0 spiro atoms. The molecule has 1 heterocycles. The maximum atomic E-state index is 13.0. The minimum absolute atomic E-state index is 0.0235. The molecule has 0 fully saturated rings. The number of amides is 1. The van der Waals surface area contributed by atoms with Gasteiger partial charge in [0.1, 0.15) is 11.5 Å². The van der Waals surface area contributed by atoms with Crippen molar-refractivity contribution in [2.75, 3.05) is 0 Å². The third kappa shape index (κ3) is 4.22. The number of aliphatic carboxylic acids is 1. The number of nitrogens with zero attached hydrogens (tertiary/aromatic N) is 2. The number of benzene rings is 1. The van der Waals surface area contributed by atoms with Gasteiger partial charge in [-0.15, -0.1) is 0 Å². The average molecular weight is 319 g/mol. The quantitative estimate of drug-likeness (QED) is 0.851. The summed E-state index contributed by atoms with van der Waals surface area (Å²) >= 11 is 0. The molecule has 7 nitrogen and oxygen atoms in total. The topological polar surface area (TPSA) is 101 Å². The smallest absolute Gasteiger partial charge is 0.305 e. The Hall–Kier alpha value is -3.03. The van der Waals surface area contributed by atoms with E-state index in [2.05, 4.69) is 10.4 Å². The van der Waals surface area contributed by atoms with E-state index in [1.54, 1.807) is 0 Å². The molecular formula is C15H14FN3O4. The third-order valence-corrected chi connectivity index (χ3v) is 3.15. The summed E-state index contributed by atoms with van der Waals surface area (Å²) in [6, 6.07) is 6.75. The molecule has 1 aromatic heterocycles. The fourth-order valence-electron chi connectivity index (χ4n) is 1.98. The summed E-state index contributed by atoms with van der Waals surface area (Å²) in [5.74, 6) is -2.21. The van der Waals surface area contributed by atoms with Gasteiger partial charge < -0.3 is 10.4 Å². The number of aryl methyl sites for hydroxylation is 1. The van der Waals surface area contributed by atoms with E-state index >= 15 is 0 Å². The lowest BCUT2D eigenvalue weighted by Gasteiger charge is -2.17. The van der Waals surface area contributed by atoms with E-state index < -0.39 is 23.7 Å². The molecule has 1 amide bonds. The van der Waals surface area contributed by atoms with Gasteiger partial charge in [-0.3, -0.25) is 14.4 Å². The zero-order valence-corrected chi connectivity index (χ0v) is 12.2. The maximum absolute atomic E-state index is 13.0. The van der Waals surface area contributed by atoms with E-state index in [0.717, 1.165) is 4.68 Å². The van der Waals surface area contributed by atoms with Crippen molar-refractivity contribution in [2.45, 2.75) is 12.5 Å². The second kappa shape index (κ2) is 6.82. The Morgan fingerprint density at radius 2 is 1.91 bits per heavy atom. The molecule has 1 atom stereocenters. The largest absolute Gasteiger partial charge is 0.481 e. The van der Waals surface area contributed by atoms with Crippen LogP contribution in [0, 0.1) is 5.82 Å². The van der Waals surface area contributed by atoms with Crippen LogP contribution in [0.25, 0.3) is 0 Å². The molecule has 2 N–H and O–H groups in total. The second-order valence-electron chi connectivity index (χ2n) is 4.86. The van der Waals surface area contributed by atoms with Crippen molar-refractivity contribution in [3.8, 4) is 0 Å². The molecule has 0 bridgehead atoms. The number of nitrogens with one attached hydrogen (secondary N) is 1. The predicted molar refractivity (Wildman–Crippen MR) is 78.3 cm³/mol. The molecule has 1 aromatic carbocycles. The SMILES string of the molecule is Cn1nc(C(=O)NC(CC(=O)O)c2ccc(F)cc2)ccc1=O. The van der Waals surface area contributed by atoms with Crippen molar-refractivity contribution in [1.29, 1.82) is 0 Å². The first kappa shape index (κ1) is 16.3. The maximum Gasteiger partial charge on any atom is 0.305 e.